The van der Waals surface area contributed by atoms with Crippen LogP contribution in [0.5, 0.6) is 11.5 Å². The molecule has 2 aromatic rings. The molecular formula is C24H33N3O6S. The molecule has 0 radical (unpaired) electrons. The molecule has 2 amide bonds. The summed E-state index contributed by atoms with van der Waals surface area (Å²) in [6.45, 7) is 1.97. The molecule has 0 aliphatic rings. The van der Waals surface area contributed by atoms with Crippen LogP contribution in [-0.2, 0) is 26.2 Å². The molecule has 0 aliphatic carbocycles. The third kappa shape index (κ3) is 7.11. The molecule has 0 heterocycles. The normalized spacial score (nSPS) is 11.9. The SMILES string of the molecule is CNC(=O)C(C)N(Cc1cccc(OC)c1)C(=O)CCCN(c1ccccc1OC)S(C)(=O)=O. The van der Waals surface area contributed by atoms with Crippen molar-refractivity contribution in [3.8, 4) is 11.5 Å². The lowest BCUT2D eigenvalue weighted by Gasteiger charge is -2.29. The number of rotatable bonds is 12. The number of nitrogens with zero attached hydrogens (tertiary/aromatic N) is 2. The van der Waals surface area contributed by atoms with Crippen LogP contribution in [0.3, 0.4) is 0 Å². The van der Waals surface area contributed by atoms with Crippen LogP contribution in [0, 0.1) is 0 Å². The predicted octanol–water partition coefficient (Wildman–Crippen LogP) is 2.41. The number of methoxy groups -OCH3 is 2. The Morgan fingerprint density at radius 2 is 1.76 bits per heavy atom. The first-order chi connectivity index (χ1) is 16.1. The summed E-state index contributed by atoms with van der Waals surface area (Å²) in [5.74, 6) is 0.528. The van der Waals surface area contributed by atoms with E-state index in [0.717, 1.165) is 11.8 Å². The molecular weight excluding hydrogens is 458 g/mol. The fourth-order valence-corrected chi connectivity index (χ4v) is 4.55. The van der Waals surface area contributed by atoms with Crippen molar-refractivity contribution in [1.82, 2.24) is 10.2 Å². The summed E-state index contributed by atoms with van der Waals surface area (Å²) in [4.78, 5) is 27.0. The summed E-state index contributed by atoms with van der Waals surface area (Å²) in [7, 11) is 0.941. The standard InChI is InChI=1S/C24H33N3O6S/c1-18(24(29)25-2)26(17-19-10-8-11-20(16-19)32-3)23(28)14-9-15-27(34(5,30)31)21-12-6-7-13-22(21)33-4/h6-8,10-13,16,18H,9,14-15,17H2,1-5H3,(H,25,29). The molecule has 0 fully saturated rings. The number of nitrogens with one attached hydrogen (secondary N) is 1. The molecule has 10 heteroatoms. The predicted molar refractivity (Wildman–Crippen MR) is 131 cm³/mol. The number of likely N-dealkylation sites (N-methyl/N-ethyl adjacent to an activating group) is 1. The van der Waals surface area contributed by atoms with Gasteiger partial charge in [-0.15, -0.1) is 0 Å². The molecule has 2 aromatic carbocycles. The molecule has 1 unspecified atom stereocenters. The highest BCUT2D eigenvalue weighted by Crippen LogP contribution is 2.29. The summed E-state index contributed by atoms with van der Waals surface area (Å²) < 4.78 is 36.7. The van der Waals surface area contributed by atoms with E-state index >= 15 is 0 Å². The zero-order valence-corrected chi connectivity index (χ0v) is 21.1. The number of para-hydroxylation sites is 2. The topological polar surface area (TPSA) is 105 Å². The minimum Gasteiger partial charge on any atom is -0.497 e. The van der Waals surface area contributed by atoms with Crippen molar-refractivity contribution < 1.29 is 27.5 Å². The molecule has 186 valence electrons. The third-order valence-corrected chi connectivity index (χ3v) is 6.59. The minimum atomic E-state index is -3.61. The molecule has 0 spiro atoms. The van der Waals surface area contributed by atoms with E-state index in [0.29, 0.717) is 17.2 Å². The van der Waals surface area contributed by atoms with Crippen molar-refractivity contribution in [2.45, 2.75) is 32.4 Å². The van der Waals surface area contributed by atoms with Gasteiger partial charge in [-0.2, -0.15) is 0 Å². The Bertz CT molecular complexity index is 1090. The molecule has 0 saturated heterocycles. The van der Waals surface area contributed by atoms with Gasteiger partial charge in [-0.3, -0.25) is 13.9 Å². The van der Waals surface area contributed by atoms with Crippen LogP contribution >= 0.6 is 0 Å². The summed E-state index contributed by atoms with van der Waals surface area (Å²) in [5.41, 5.74) is 1.22. The average molecular weight is 492 g/mol. The Labute approximate surface area is 201 Å². The monoisotopic (exact) mass is 491 g/mol. The lowest BCUT2D eigenvalue weighted by Crippen LogP contribution is -2.46. The molecule has 0 bridgehead atoms. The van der Waals surface area contributed by atoms with Gasteiger partial charge in [0, 0.05) is 26.6 Å². The Morgan fingerprint density at radius 3 is 2.38 bits per heavy atom. The largest absolute Gasteiger partial charge is 0.497 e. The van der Waals surface area contributed by atoms with Gasteiger partial charge in [0.15, 0.2) is 0 Å². The smallest absolute Gasteiger partial charge is 0.242 e. The second-order valence-corrected chi connectivity index (χ2v) is 9.68. The van der Waals surface area contributed by atoms with Crippen LogP contribution in [0.15, 0.2) is 48.5 Å². The first kappa shape index (κ1) is 27.0. The maximum Gasteiger partial charge on any atom is 0.242 e. The van der Waals surface area contributed by atoms with E-state index in [9.17, 15) is 18.0 Å². The van der Waals surface area contributed by atoms with Crippen molar-refractivity contribution in [2.75, 3.05) is 38.4 Å². The second kappa shape index (κ2) is 12.3. The molecule has 34 heavy (non-hydrogen) atoms. The lowest BCUT2D eigenvalue weighted by molar-refractivity contribution is -0.140. The fourth-order valence-electron chi connectivity index (χ4n) is 3.58. The maximum atomic E-state index is 13.2. The number of anilines is 1. The van der Waals surface area contributed by atoms with Crippen LogP contribution in [0.1, 0.15) is 25.3 Å². The van der Waals surface area contributed by atoms with Gasteiger partial charge in [-0.25, -0.2) is 8.42 Å². The third-order valence-electron chi connectivity index (χ3n) is 5.41. The van der Waals surface area contributed by atoms with E-state index in [4.69, 9.17) is 9.47 Å². The summed E-state index contributed by atoms with van der Waals surface area (Å²) in [5, 5.41) is 2.58. The zero-order chi connectivity index (χ0) is 25.3. The Morgan fingerprint density at radius 1 is 1.06 bits per heavy atom. The molecule has 0 aliphatic heterocycles. The van der Waals surface area contributed by atoms with Crippen LogP contribution in [-0.4, -0.2) is 65.2 Å². The van der Waals surface area contributed by atoms with E-state index in [2.05, 4.69) is 5.32 Å². The van der Waals surface area contributed by atoms with Gasteiger partial charge in [0.25, 0.3) is 0 Å². The van der Waals surface area contributed by atoms with E-state index in [-0.39, 0.29) is 37.7 Å². The quantitative estimate of drug-likeness (QED) is 0.489. The maximum absolute atomic E-state index is 13.2. The first-order valence-electron chi connectivity index (χ1n) is 10.9. The number of sulfonamides is 1. The lowest BCUT2D eigenvalue weighted by atomic mass is 10.1. The molecule has 1 atom stereocenters. The van der Waals surface area contributed by atoms with Gasteiger partial charge in [-0.05, 0) is 43.2 Å². The van der Waals surface area contributed by atoms with Crippen molar-refractivity contribution >= 4 is 27.5 Å². The summed E-state index contributed by atoms with van der Waals surface area (Å²) in [6, 6.07) is 13.4. The van der Waals surface area contributed by atoms with Gasteiger partial charge < -0.3 is 19.7 Å². The Hall–Kier alpha value is -3.27. The van der Waals surface area contributed by atoms with Crippen molar-refractivity contribution in [2.24, 2.45) is 0 Å². The highest BCUT2D eigenvalue weighted by atomic mass is 32.2. The van der Waals surface area contributed by atoms with Gasteiger partial charge in [-0.1, -0.05) is 24.3 Å². The van der Waals surface area contributed by atoms with Gasteiger partial charge >= 0.3 is 0 Å². The highest BCUT2D eigenvalue weighted by Gasteiger charge is 2.26. The van der Waals surface area contributed by atoms with Gasteiger partial charge in [0.05, 0.1) is 26.2 Å². The van der Waals surface area contributed by atoms with E-state index in [1.807, 2.05) is 18.2 Å². The molecule has 0 saturated carbocycles. The second-order valence-electron chi connectivity index (χ2n) is 7.77. The number of carbonyl (C=O) groups is 2. The van der Waals surface area contributed by atoms with Crippen LogP contribution in [0.2, 0.25) is 0 Å². The first-order valence-corrected chi connectivity index (χ1v) is 12.7. The van der Waals surface area contributed by atoms with Crippen molar-refractivity contribution in [3.63, 3.8) is 0 Å². The number of ether oxygens (including phenoxy) is 2. The molecule has 9 nitrogen and oxygen atoms in total. The number of benzene rings is 2. The molecule has 0 aromatic heterocycles. The zero-order valence-electron chi connectivity index (χ0n) is 20.3. The number of amides is 2. The van der Waals surface area contributed by atoms with Gasteiger partial charge in [0.2, 0.25) is 21.8 Å². The van der Waals surface area contributed by atoms with Crippen LogP contribution in [0.25, 0.3) is 0 Å². The van der Waals surface area contributed by atoms with E-state index in [1.165, 1.54) is 23.4 Å². The average Bonchev–Trinajstić information content (AvgIpc) is 2.83. The van der Waals surface area contributed by atoms with Crippen LogP contribution in [0.4, 0.5) is 5.69 Å². The van der Waals surface area contributed by atoms with E-state index in [1.54, 1.807) is 44.4 Å². The number of hydrogen-bond acceptors (Lipinski definition) is 6. The van der Waals surface area contributed by atoms with Crippen LogP contribution < -0.4 is 19.1 Å². The molecule has 1 N–H and O–H groups in total. The molecule has 2 rings (SSSR count). The highest BCUT2D eigenvalue weighted by molar-refractivity contribution is 7.92. The van der Waals surface area contributed by atoms with Crippen molar-refractivity contribution in [1.29, 1.82) is 0 Å². The van der Waals surface area contributed by atoms with Crippen molar-refractivity contribution in [3.05, 3.63) is 54.1 Å². The fraction of sp³-hybridized carbons (Fsp3) is 0.417. The Balaban J connectivity index is 2.19. The summed E-state index contributed by atoms with van der Waals surface area (Å²) >= 11 is 0. The number of carbonyl (C=O) groups excluding carboxylic acids is 2. The number of hydrogen-bond donors (Lipinski definition) is 1. The summed E-state index contributed by atoms with van der Waals surface area (Å²) in [6.07, 6.45) is 1.44. The minimum absolute atomic E-state index is 0.0620. The Kier molecular flexibility index (Phi) is 9.73. The van der Waals surface area contributed by atoms with Gasteiger partial charge in [0.1, 0.15) is 17.5 Å². The van der Waals surface area contributed by atoms with E-state index < -0.39 is 16.1 Å².